The second-order valence-electron chi connectivity index (χ2n) is 4.08. The number of carbonyl (C=O) groups excluding carboxylic acids is 1. The minimum absolute atomic E-state index is 0.245. The summed E-state index contributed by atoms with van der Waals surface area (Å²) in [6, 6.07) is 6.39. The molecule has 1 heterocycles. The van der Waals surface area contributed by atoms with Crippen molar-refractivity contribution < 1.29 is 9.53 Å². The number of H-pyrrole nitrogens is 1. The van der Waals surface area contributed by atoms with Crippen molar-refractivity contribution in [3.8, 4) is 0 Å². The molecule has 0 bridgehead atoms. The molecule has 0 fully saturated rings. The van der Waals surface area contributed by atoms with Crippen molar-refractivity contribution in [3.63, 3.8) is 0 Å². The van der Waals surface area contributed by atoms with E-state index in [2.05, 4.69) is 4.98 Å². The number of para-hydroxylation sites is 1. The molecule has 0 saturated heterocycles. The molecule has 0 aliphatic carbocycles. The van der Waals surface area contributed by atoms with Gasteiger partial charge in [-0.2, -0.15) is 4.57 Å². The molecule has 2 rings (SSSR count). The lowest BCUT2D eigenvalue weighted by molar-refractivity contribution is 0.146. The molecule has 0 saturated carbocycles. The van der Waals surface area contributed by atoms with Crippen LogP contribution >= 0.6 is 0 Å². The van der Waals surface area contributed by atoms with Crippen LogP contribution in [0.4, 0.5) is 4.79 Å². The van der Waals surface area contributed by atoms with Gasteiger partial charge in [0.2, 0.25) is 0 Å². The summed E-state index contributed by atoms with van der Waals surface area (Å²) in [4.78, 5) is 37.3. The third-order valence-corrected chi connectivity index (χ3v) is 2.72. The maximum Gasteiger partial charge on any atom is 0.422 e. The number of nitrogens with one attached hydrogen (secondary N) is 1. The Kier molecular flexibility index (Phi) is 3.79. The summed E-state index contributed by atoms with van der Waals surface area (Å²) in [5, 5.41) is 0.273. The molecule has 100 valence electrons. The lowest BCUT2D eigenvalue weighted by Gasteiger charge is -2.08. The summed E-state index contributed by atoms with van der Waals surface area (Å²) in [5.74, 6) is 0. The number of nitrogens with zero attached hydrogens (tertiary/aromatic N) is 1. The van der Waals surface area contributed by atoms with E-state index >= 15 is 0 Å². The molecule has 0 spiro atoms. The van der Waals surface area contributed by atoms with E-state index in [1.165, 1.54) is 6.07 Å². The van der Waals surface area contributed by atoms with Gasteiger partial charge in [0.1, 0.15) is 0 Å². The normalized spacial score (nSPS) is 10.6. The van der Waals surface area contributed by atoms with E-state index in [1.54, 1.807) is 18.2 Å². The average Bonchev–Trinajstić information content (AvgIpc) is 2.39. The van der Waals surface area contributed by atoms with E-state index in [1.807, 2.05) is 6.92 Å². The van der Waals surface area contributed by atoms with Gasteiger partial charge in [0.15, 0.2) is 0 Å². The van der Waals surface area contributed by atoms with Crippen molar-refractivity contribution in [1.82, 2.24) is 9.55 Å². The zero-order valence-corrected chi connectivity index (χ0v) is 10.5. The second kappa shape index (κ2) is 5.51. The lowest BCUT2D eigenvalue weighted by atomic mass is 10.2. The van der Waals surface area contributed by atoms with E-state index in [9.17, 15) is 14.4 Å². The van der Waals surface area contributed by atoms with Crippen molar-refractivity contribution in [2.45, 2.75) is 19.8 Å². The van der Waals surface area contributed by atoms with Gasteiger partial charge in [-0.1, -0.05) is 25.5 Å². The van der Waals surface area contributed by atoms with Gasteiger partial charge in [-0.3, -0.25) is 9.78 Å². The number of aromatic nitrogens is 2. The highest BCUT2D eigenvalue weighted by Gasteiger charge is 2.14. The van der Waals surface area contributed by atoms with Gasteiger partial charge in [-0.25, -0.2) is 9.59 Å². The predicted molar refractivity (Wildman–Crippen MR) is 70.5 cm³/mol. The number of carbonyl (C=O) groups is 1. The van der Waals surface area contributed by atoms with E-state index in [4.69, 9.17) is 4.74 Å². The number of hydrogen-bond acceptors (Lipinski definition) is 4. The Morgan fingerprint density at radius 3 is 2.79 bits per heavy atom. The van der Waals surface area contributed by atoms with Gasteiger partial charge >= 0.3 is 11.8 Å². The number of unbranched alkanes of at least 4 members (excludes halogenated alkanes) is 1. The van der Waals surface area contributed by atoms with Crippen LogP contribution in [0, 0.1) is 0 Å². The number of aromatic amines is 1. The van der Waals surface area contributed by atoms with E-state index in [0.717, 1.165) is 17.4 Å². The average molecular weight is 262 g/mol. The van der Waals surface area contributed by atoms with Crippen LogP contribution in [-0.4, -0.2) is 22.3 Å². The van der Waals surface area contributed by atoms with Gasteiger partial charge in [-0.15, -0.1) is 0 Å². The summed E-state index contributed by atoms with van der Waals surface area (Å²) in [6.45, 7) is 2.21. The molecule has 1 aromatic heterocycles. The number of ether oxygens (including phenoxy) is 1. The van der Waals surface area contributed by atoms with Crippen LogP contribution in [0.2, 0.25) is 0 Å². The fourth-order valence-electron chi connectivity index (χ4n) is 1.74. The topological polar surface area (TPSA) is 81.2 Å². The molecule has 0 radical (unpaired) electrons. The van der Waals surface area contributed by atoms with Crippen LogP contribution in [0.15, 0.2) is 33.9 Å². The quantitative estimate of drug-likeness (QED) is 0.849. The fourth-order valence-corrected chi connectivity index (χ4v) is 1.74. The van der Waals surface area contributed by atoms with Gasteiger partial charge < -0.3 is 4.74 Å². The van der Waals surface area contributed by atoms with Crippen LogP contribution in [0.1, 0.15) is 19.8 Å². The Labute approximate surface area is 108 Å². The first kappa shape index (κ1) is 13.1. The number of benzene rings is 1. The van der Waals surface area contributed by atoms with Crippen LogP contribution in [-0.2, 0) is 4.74 Å². The third kappa shape index (κ3) is 2.57. The molecule has 0 aliphatic heterocycles. The maximum absolute atomic E-state index is 11.9. The molecule has 2 aromatic rings. The molecule has 0 unspecified atom stereocenters. The Morgan fingerprint density at radius 2 is 2.05 bits per heavy atom. The Morgan fingerprint density at radius 1 is 1.32 bits per heavy atom. The van der Waals surface area contributed by atoms with Gasteiger partial charge in [-0.05, 0) is 18.6 Å². The summed E-state index contributed by atoms with van der Waals surface area (Å²) < 4.78 is 5.84. The molecule has 0 amide bonds. The van der Waals surface area contributed by atoms with Crippen LogP contribution in [0.5, 0.6) is 0 Å². The zero-order chi connectivity index (χ0) is 13.8. The second-order valence-corrected chi connectivity index (χ2v) is 4.08. The Balaban J connectivity index is 2.51. The minimum atomic E-state index is -0.787. The molecule has 1 aromatic carbocycles. The fraction of sp³-hybridized carbons (Fsp3) is 0.308. The summed E-state index contributed by atoms with van der Waals surface area (Å²) in [7, 11) is 0. The SMILES string of the molecule is CCCCOC(=O)n1c(=O)[nH]c(=O)c2ccccc21. The summed E-state index contributed by atoms with van der Waals surface area (Å²) in [5.41, 5.74) is -1.05. The van der Waals surface area contributed by atoms with Gasteiger partial charge in [0, 0.05) is 0 Å². The van der Waals surface area contributed by atoms with E-state index in [0.29, 0.717) is 0 Å². The maximum atomic E-state index is 11.9. The van der Waals surface area contributed by atoms with Crippen molar-refractivity contribution in [1.29, 1.82) is 0 Å². The third-order valence-electron chi connectivity index (χ3n) is 2.72. The van der Waals surface area contributed by atoms with E-state index in [-0.39, 0.29) is 17.5 Å². The Bertz CT molecular complexity index is 714. The van der Waals surface area contributed by atoms with Crippen molar-refractivity contribution in [2.75, 3.05) is 6.61 Å². The molecule has 0 atom stereocenters. The van der Waals surface area contributed by atoms with Crippen LogP contribution < -0.4 is 11.2 Å². The summed E-state index contributed by atoms with van der Waals surface area (Å²) >= 11 is 0. The molecule has 0 aliphatic rings. The first-order valence-electron chi connectivity index (χ1n) is 6.06. The molecule has 19 heavy (non-hydrogen) atoms. The van der Waals surface area contributed by atoms with Crippen LogP contribution in [0.3, 0.4) is 0 Å². The highest BCUT2D eigenvalue weighted by Crippen LogP contribution is 2.07. The first-order chi connectivity index (χ1) is 9.15. The predicted octanol–water partition coefficient (Wildman–Crippen LogP) is 1.47. The highest BCUT2D eigenvalue weighted by molar-refractivity contribution is 5.86. The molecule has 6 nitrogen and oxygen atoms in total. The monoisotopic (exact) mass is 262 g/mol. The highest BCUT2D eigenvalue weighted by atomic mass is 16.5. The number of hydrogen-bond donors (Lipinski definition) is 1. The number of fused-ring (bicyclic) bond motifs is 1. The molecule has 1 N–H and O–H groups in total. The standard InChI is InChI=1S/C13H14N2O4/c1-2-3-8-19-13(18)15-10-7-5-4-6-9(10)11(16)14-12(15)17/h4-7H,2-3,8H2,1H3,(H,14,16,17). The van der Waals surface area contributed by atoms with Crippen molar-refractivity contribution in [3.05, 3.63) is 45.1 Å². The van der Waals surface area contributed by atoms with Gasteiger partial charge in [0.25, 0.3) is 5.56 Å². The molecular formula is C13H14N2O4. The zero-order valence-electron chi connectivity index (χ0n) is 10.5. The van der Waals surface area contributed by atoms with Gasteiger partial charge in [0.05, 0.1) is 17.5 Å². The number of rotatable bonds is 3. The Hall–Kier alpha value is -2.37. The molecule has 6 heteroatoms. The lowest BCUT2D eigenvalue weighted by Crippen LogP contribution is -2.35. The minimum Gasteiger partial charge on any atom is -0.449 e. The largest absolute Gasteiger partial charge is 0.449 e. The van der Waals surface area contributed by atoms with Crippen molar-refractivity contribution in [2.24, 2.45) is 0 Å². The summed E-state index contributed by atoms with van der Waals surface area (Å²) in [6.07, 6.45) is 0.835. The van der Waals surface area contributed by atoms with E-state index < -0.39 is 17.3 Å². The van der Waals surface area contributed by atoms with Crippen molar-refractivity contribution >= 4 is 17.0 Å². The smallest absolute Gasteiger partial charge is 0.422 e. The molecular weight excluding hydrogens is 248 g/mol. The first-order valence-corrected chi connectivity index (χ1v) is 6.06. The van der Waals surface area contributed by atoms with Crippen LogP contribution in [0.25, 0.3) is 10.9 Å².